The molecule has 1 amide bonds. The summed E-state index contributed by atoms with van der Waals surface area (Å²) in [6.45, 7) is 12.3. The van der Waals surface area contributed by atoms with Gasteiger partial charge in [-0.25, -0.2) is 4.98 Å². The fraction of sp³-hybridized carbons (Fsp3) is 0.400. The molecular weight excluding hydrogens is 330 g/mol. The number of fused-ring (bicyclic) bond motifs is 1. The standard InChI is InChI=1S/C20H25N3OS/c1-10-8-9-11(2)17-16(10)12(3)18(22-17)20(24)23(7)13(4)19-14(5)25-15(6)21-19/h8-9,13,22H,1-7H3/t13-/m0/s1. The van der Waals surface area contributed by atoms with Crippen molar-refractivity contribution in [1.29, 1.82) is 0 Å². The molecule has 132 valence electrons. The lowest BCUT2D eigenvalue weighted by atomic mass is 10.0. The lowest BCUT2D eigenvalue weighted by molar-refractivity contribution is 0.0734. The second kappa shape index (κ2) is 6.30. The molecule has 1 aromatic carbocycles. The number of thiazole rings is 1. The monoisotopic (exact) mass is 355 g/mol. The highest BCUT2D eigenvalue weighted by molar-refractivity contribution is 7.11. The van der Waals surface area contributed by atoms with E-state index in [2.05, 4.69) is 42.9 Å². The van der Waals surface area contributed by atoms with E-state index in [9.17, 15) is 4.79 Å². The molecule has 0 saturated carbocycles. The van der Waals surface area contributed by atoms with E-state index in [1.54, 1.807) is 16.2 Å². The van der Waals surface area contributed by atoms with Crippen molar-refractivity contribution >= 4 is 28.1 Å². The normalized spacial score (nSPS) is 12.6. The van der Waals surface area contributed by atoms with Crippen LogP contribution in [0.25, 0.3) is 10.9 Å². The summed E-state index contributed by atoms with van der Waals surface area (Å²) in [5.74, 6) is 0.00468. The van der Waals surface area contributed by atoms with E-state index in [0.717, 1.165) is 32.7 Å². The van der Waals surface area contributed by atoms with E-state index in [4.69, 9.17) is 0 Å². The third-order valence-electron chi connectivity index (χ3n) is 5.07. The van der Waals surface area contributed by atoms with Crippen molar-refractivity contribution in [1.82, 2.24) is 14.9 Å². The summed E-state index contributed by atoms with van der Waals surface area (Å²) in [5.41, 5.74) is 6.08. The Balaban J connectivity index is 2.02. The molecule has 0 aliphatic heterocycles. The van der Waals surface area contributed by atoms with E-state index in [1.807, 2.05) is 27.8 Å². The van der Waals surface area contributed by atoms with Crippen molar-refractivity contribution in [3.05, 3.63) is 50.1 Å². The van der Waals surface area contributed by atoms with E-state index in [-0.39, 0.29) is 11.9 Å². The van der Waals surface area contributed by atoms with Gasteiger partial charge in [0.1, 0.15) is 5.69 Å². The SMILES string of the molecule is Cc1nc([C@H](C)N(C)C(=O)c2[nH]c3c(C)ccc(C)c3c2C)c(C)s1. The molecule has 2 heterocycles. The molecule has 1 atom stereocenters. The maximum absolute atomic E-state index is 13.2. The zero-order valence-electron chi connectivity index (χ0n) is 15.9. The Morgan fingerprint density at radius 3 is 2.36 bits per heavy atom. The zero-order valence-corrected chi connectivity index (χ0v) is 16.8. The van der Waals surface area contributed by atoms with Crippen LogP contribution >= 0.6 is 11.3 Å². The average Bonchev–Trinajstić information content (AvgIpc) is 3.09. The van der Waals surface area contributed by atoms with E-state index in [1.165, 1.54) is 10.4 Å². The molecule has 1 N–H and O–H groups in total. The first-order valence-electron chi connectivity index (χ1n) is 8.52. The quantitative estimate of drug-likeness (QED) is 0.719. The van der Waals surface area contributed by atoms with Crippen molar-refractivity contribution in [3.63, 3.8) is 0 Å². The number of aryl methyl sites for hydroxylation is 5. The van der Waals surface area contributed by atoms with Crippen molar-refractivity contribution in [2.24, 2.45) is 0 Å². The van der Waals surface area contributed by atoms with Gasteiger partial charge < -0.3 is 9.88 Å². The van der Waals surface area contributed by atoms with Gasteiger partial charge in [-0.2, -0.15) is 0 Å². The Labute approximate surface area is 152 Å². The summed E-state index contributed by atoms with van der Waals surface area (Å²) in [7, 11) is 1.85. The number of hydrogen-bond donors (Lipinski definition) is 1. The Morgan fingerprint density at radius 1 is 1.16 bits per heavy atom. The molecule has 5 heteroatoms. The minimum atomic E-state index is -0.0644. The predicted octanol–water partition coefficient (Wildman–Crippen LogP) is 5.00. The van der Waals surface area contributed by atoms with Crippen molar-refractivity contribution in [2.45, 2.75) is 47.6 Å². The molecule has 2 aromatic heterocycles. The fourth-order valence-corrected chi connectivity index (χ4v) is 4.39. The van der Waals surface area contributed by atoms with Gasteiger partial charge in [0.25, 0.3) is 5.91 Å². The van der Waals surface area contributed by atoms with Gasteiger partial charge in [0.05, 0.1) is 16.7 Å². The number of H-pyrrole nitrogens is 1. The number of amides is 1. The van der Waals surface area contributed by atoms with Crippen molar-refractivity contribution in [3.8, 4) is 0 Å². The van der Waals surface area contributed by atoms with Gasteiger partial charge >= 0.3 is 0 Å². The van der Waals surface area contributed by atoms with Crippen LogP contribution in [0.1, 0.15) is 55.7 Å². The van der Waals surface area contributed by atoms with Gasteiger partial charge in [0.15, 0.2) is 0 Å². The first-order chi connectivity index (χ1) is 11.7. The largest absolute Gasteiger partial charge is 0.350 e. The third-order valence-corrected chi connectivity index (χ3v) is 5.97. The number of rotatable bonds is 3. The topological polar surface area (TPSA) is 49.0 Å². The summed E-state index contributed by atoms with van der Waals surface area (Å²) in [6, 6.07) is 4.14. The third kappa shape index (κ3) is 2.86. The van der Waals surface area contributed by atoms with Crippen LogP contribution in [-0.2, 0) is 0 Å². The molecule has 0 aliphatic carbocycles. The highest BCUT2D eigenvalue weighted by Gasteiger charge is 2.26. The molecule has 0 saturated heterocycles. The lowest BCUT2D eigenvalue weighted by Gasteiger charge is -2.24. The van der Waals surface area contributed by atoms with Gasteiger partial charge in [-0.3, -0.25) is 4.79 Å². The van der Waals surface area contributed by atoms with E-state index < -0.39 is 0 Å². The number of nitrogens with zero attached hydrogens (tertiary/aromatic N) is 2. The minimum absolute atomic E-state index is 0.00468. The van der Waals surface area contributed by atoms with E-state index in [0.29, 0.717) is 5.69 Å². The summed E-state index contributed by atoms with van der Waals surface area (Å²) < 4.78 is 0. The number of carbonyl (C=O) groups is 1. The number of hydrogen-bond acceptors (Lipinski definition) is 3. The molecule has 0 aliphatic rings. The zero-order chi connectivity index (χ0) is 18.5. The van der Waals surface area contributed by atoms with Gasteiger partial charge in [0.2, 0.25) is 0 Å². The molecule has 3 aromatic rings. The van der Waals surface area contributed by atoms with Crippen LogP contribution in [-0.4, -0.2) is 27.8 Å². The molecule has 0 fully saturated rings. The summed E-state index contributed by atoms with van der Waals surface area (Å²) in [5, 5.41) is 2.19. The first-order valence-corrected chi connectivity index (χ1v) is 9.33. The van der Waals surface area contributed by atoms with Crippen LogP contribution in [0.2, 0.25) is 0 Å². The molecule has 0 bridgehead atoms. The van der Waals surface area contributed by atoms with Gasteiger partial charge in [-0.15, -0.1) is 11.3 Å². The van der Waals surface area contributed by atoms with Gasteiger partial charge in [-0.05, 0) is 58.2 Å². The summed E-state index contributed by atoms with van der Waals surface area (Å²) >= 11 is 1.68. The second-order valence-corrected chi connectivity index (χ2v) is 8.25. The number of nitrogens with one attached hydrogen (secondary N) is 1. The van der Waals surface area contributed by atoms with Gasteiger partial charge in [0, 0.05) is 22.8 Å². The van der Waals surface area contributed by atoms with Crippen LogP contribution in [0.4, 0.5) is 0 Å². The highest BCUT2D eigenvalue weighted by atomic mass is 32.1. The van der Waals surface area contributed by atoms with E-state index >= 15 is 0 Å². The Bertz CT molecular complexity index is 967. The Morgan fingerprint density at radius 2 is 1.80 bits per heavy atom. The summed E-state index contributed by atoms with van der Waals surface area (Å²) in [6.07, 6.45) is 0. The van der Waals surface area contributed by atoms with Crippen LogP contribution < -0.4 is 0 Å². The molecular formula is C20H25N3OS. The van der Waals surface area contributed by atoms with Crippen LogP contribution in [0.5, 0.6) is 0 Å². The maximum atomic E-state index is 13.2. The molecule has 0 radical (unpaired) electrons. The molecule has 4 nitrogen and oxygen atoms in total. The first kappa shape index (κ1) is 17.7. The van der Waals surface area contributed by atoms with Crippen LogP contribution in [0.15, 0.2) is 12.1 Å². The Hall–Kier alpha value is -2.14. The highest BCUT2D eigenvalue weighted by Crippen LogP contribution is 2.31. The lowest BCUT2D eigenvalue weighted by Crippen LogP contribution is -2.31. The summed E-state index contributed by atoms with van der Waals surface area (Å²) in [4.78, 5) is 24.1. The minimum Gasteiger partial charge on any atom is -0.350 e. The number of benzene rings is 1. The molecule has 0 spiro atoms. The fourth-order valence-electron chi connectivity index (χ4n) is 3.48. The second-order valence-electron chi connectivity index (χ2n) is 6.84. The van der Waals surface area contributed by atoms with Crippen LogP contribution in [0.3, 0.4) is 0 Å². The molecule has 25 heavy (non-hydrogen) atoms. The average molecular weight is 356 g/mol. The maximum Gasteiger partial charge on any atom is 0.270 e. The van der Waals surface area contributed by atoms with Crippen LogP contribution in [0, 0.1) is 34.6 Å². The Kier molecular flexibility index (Phi) is 4.45. The molecule has 0 unspecified atom stereocenters. The number of carbonyl (C=O) groups excluding carboxylic acids is 1. The van der Waals surface area contributed by atoms with Crippen molar-refractivity contribution < 1.29 is 4.79 Å². The van der Waals surface area contributed by atoms with Gasteiger partial charge in [-0.1, -0.05) is 12.1 Å². The molecule has 3 rings (SSSR count). The number of aromatic nitrogens is 2. The smallest absolute Gasteiger partial charge is 0.270 e. The van der Waals surface area contributed by atoms with Crippen molar-refractivity contribution in [2.75, 3.05) is 7.05 Å². The number of aromatic amines is 1. The predicted molar refractivity (Wildman–Crippen MR) is 105 cm³/mol.